The molecular formula is C17H25N3O4S. The van der Waals surface area contributed by atoms with E-state index in [0.717, 1.165) is 48.5 Å². The number of nitrogens with zero attached hydrogens (tertiary/aromatic N) is 1. The molecule has 0 bridgehead atoms. The van der Waals surface area contributed by atoms with E-state index < -0.39 is 16.2 Å². The molecule has 0 fully saturated rings. The molecule has 0 saturated heterocycles. The van der Waals surface area contributed by atoms with Crippen LogP contribution in [0, 0.1) is 0 Å². The van der Waals surface area contributed by atoms with E-state index in [1.54, 1.807) is 0 Å². The topological polar surface area (TPSA) is 87.7 Å². The maximum atomic E-state index is 12.3. The van der Waals surface area contributed by atoms with Crippen molar-refractivity contribution in [1.82, 2.24) is 9.03 Å². The van der Waals surface area contributed by atoms with E-state index in [-0.39, 0.29) is 13.2 Å². The van der Waals surface area contributed by atoms with Crippen LogP contribution in [0.1, 0.15) is 35.1 Å². The maximum Gasteiger partial charge on any atom is 0.333 e. The van der Waals surface area contributed by atoms with E-state index in [1.807, 2.05) is 0 Å². The number of hydrogen-bond donors (Lipinski definition) is 2. The van der Waals surface area contributed by atoms with Gasteiger partial charge >= 0.3 is 16.2 Å². The van der Waals surface area contributed by atoms with Gasteiger partial charge in [-0.2, -0.15) is 12.7 Å². The van der Waals surface area contributed by atoms with E-state index in [0.29, 0.717) is 0 Å². The molecule has 0 radical (unpaired) electrons. The molecule has 2 amide bonds. The van der Waals surface area contributed by atoms with Crippen molar-refractivity contribution in [2.45, 2.75) is 38.5 Å². The third kappa shape index (κ3) is 3.80. The zero-order valence-corrected chi connectivity index (χ0v) is 15.5. The summed E-state index contributed by atoms with van der Waals surface area (Å²) in [5, 5.41) is 2.82. The first-order valence-corrected chi connectivity index (χ1v) is 10.1. The van der Waals surface area contributed by atoms with Gasteiger partial charge in [0.25, 0.3) is 0 Å². The molecule has 7 nitrogen and oxygen atoms in total. The van der Waals surface area contributed by atoms with Crippen LogP contribution in [0.5, 0.6) is 0 Å². The van der Waals surface area contributed by atoms with Gasteiger partial charge in [-0.05, 0) is 60.8 Å². The minimum absolute atomic E-state index is 0.176. The van der Waals surface area contributed by atoms with E-state index in [9.17, 15) is 13.2 Å². The minimum Gasteiger partial charge on any atom is -0.383 e. The van der Waals surface area contributed by atoms with Gasteiger partial charge in [0.1, 0.15) is 0 Å². The molecule has 138 valence electrons. The first-order chi connectivity index (χ1) is 11.9. The largest absolute Gasteiger partial charge is 0.383 e. The molecule has 0 atom stereocenters. The standard InChI is InChI=1S/C17H25N3O4S/c1-20(9-10-24-2)25(22,23)19-17(21)18-16-14-7-3-5-12(14)11-13-6-4-8-15(13)16/h11H,3-10H2,1-2H3,(H2,18,19,21). The molecular weight excluding hydrogens is 342 g/mol. The number of aryl methyl sites for hydroxylation is 2. The van der Waals surface area contributed by atoms with Crippen LogP contribution in [0.4, 0.5) is 10.5 Å². The smallest absolute Gasteiger partial charge is 0.333 e. The van der Waals surface area contributed by atoms with Crippen LogP contribution in [0.25, 0.3) is 0 Å². The lowest BCUT2D eigenvalue weighted by molar-refractivity contribution is 0.184. The van der Waals surface area contributed by atoms with Crippen LogP contribution < -0.4 is 10.0 Å². The number of fused-ring (bicyclic) bond motifs is 2. The summed E-state index contributed by atoms with van der Waals surface area (Å²) in [6, 6.07) is 1.56. The summed E-state index contributed by atoms with van der Waals surface area (Å²) < 4.78 is 32.4. The van der Waals surface area contributed by atoms with Crippen molar-refractivity contribution in [2.24, 2.45) is 0 Å². The number of ether oxygens (including phenoxy) is 1. The summed E-state index contributed by atoms with van der Waals surface area (Å²) in [6.07, 6.45) is 6.06. The zero-order valence-electron chi connectivity index (χ0n) is 14.7. The summed E-state index contributed by atoms with van der Waals surface area (Å²) in [6.45, 7) is 0.438. The molecule has 1 aromatic rings. The Morgan fingerprint density at radius 3 is 2.32 bits per heavy atom. The van der Waals surface area contributed by atoms with Gasteiger partial charge in [-0.3, -0.25) is 0 Å². The molecule has 3 rings (SSSR count). The van der Waals surface area contributed by atoms with Crippen molar-refractivity contribution in [3.63, 3.8) is 0 Å². The van der Waals surface area contributed by atoms with Gasteiger partial charge in [-0.1, -0.05) is 6.07 Å². The molecule has 0 aliphatic heterocycles. The molecule has 25 heavy (non-hydrogen) atoms. The van der Waals surface area contributed by atoms with Crippen LogP contribution in [0.15, 0.2) is 6.07 Å². The first-order valence-electron chi connectivity index (χ1n) is 8.63. The minimum atomic E-state index is -3.89. The molecule has 8 heteroatoms. The second-order valence-corrected chi connectivity index (χ2v) is 8.39. The van der Waals surface area contributed by atoms with Crippen LogP contribution >= 0.6 is 0 Å². The van der Waals surface area contributed by atoms with Gasteiger partial charge in [0.05, 0.1) is 6.61 Å². The van der Waals surface area contributed by atoms with Crippen molar-refractivity contribution >= 4 is 21.9 Å². The van der Waals surface area contributed by atoms with Crippen molar-refractivity contribution < 1.29 is 17.9 Å². The number of carbonyl (C=O) groups excluding carboxylic acids is 1. The Labute approximate surface area is 148 Å². The van der Waals surface area contributed by atoms with Gasteiger partial charge in [-0.25, -0.2) is 9.52 Å². The van der Waals surface area contributed by atoms with Gasteiger partial charge in [-0.15, -0.1) is 0 Å². The second kappa shape index (κ2) is 7.31. The van der Waals surface area contributed by atoms with Crippen LogP contribution in [0.3, 0.4) is 0 Å². The summed E-state index contributed by atoms with van der Waals surface area (Å²) in [5.74, 6) is 0. The fourth-order valence-electron chi connectivity index (χ4n) is 3.64. The third-order valence-electron chi connectivity index (χ3n) is 4.95. The number of methoxy groups -OCH3 is 1. The van der Waals surface area contributed by atoms with Gasteiger partial charge in [0, 0.05) is 26.4 Å². The van der Waals surface area contributed by atoms with Crippen LogP contribution in [-0.2, 0) is 40.6 Å². The zero-order chi connectivity index (χ0) is 18.0. The summed E-state index contributed by atoms with van der Waals surface area (Å²) in [5.41, 5.74) is 5.74. The van der Waals surface area contributed by atoms with Gasteiger partial charge in [0.15, 0.2) is 0 Å². The molecule has 2 N–H and O–H groups in total. The second-order valence-electron chi connectivity index (χ2n) is 6.61. The quantitative estimate of drug-likeness (QED) is 0.800. The van der Waals surface area contributed by atoms with Crippen molar-refractivity contribution in [3.05, 3.63) is 28.3 Å². The number of rotatable bonds is 6. The Bertz CT molecular complexity index is 744. The lowest BCUT2D eigenvalue weighted by Gasteiger charge is -2.19. The van der Waals surface area contributed by atoms with Crippen molar-refractivity contribution in [2.75, 3.05) is 32.6 Å². The van der Waals surface area contributed by atoms with Gasteiger partial charge in [0.2, 0.25) is 0 Å². The summed E-state index contributed by atoms with van der Waals surface area (Å²) in [7, 11) is -0.982. The molecule has 0 unspecified atom stereocenters. The number of nitrogens with one attached hydrogen (secondary N) is 2. The fourth-order valence-corrected chi connectivity index (χ4v) is 4.40. The summed E-state index contributed by atoms with van der Waals surface area (Å²) >= 11 is 0. The molecule has 1 aromatic carbocycles. The van der Waals surface area contributed by atoms with Crippen molar-refractivity contribution in [1.29, 1.82) is 0 Å². The number of carbonyl (C=O) groups is 1. The lowest BCUT2D eigenvalue weighted by atomic mass is 9.99. The number of urea groups is 1. The first kappa shape index (κ1) is 18.2. The van der Waals surface area contributed by atoms with E-state index in [4.69, 9.17) is 4.74 Å². The Morgan fingerprint density at radius 2 is 1.76 bits per heavy atom. The number of likely N-dealkylation sites (N-methyl/N-ethyl adjacent to an activating group) is 1. The monoisotopic (exact) mass is 367 g/mol. The van der Waals surface area contributed by atoms with Crippen LogP contribution in [-0.4, -0.2) is 46.1 Å². The average molecular weight is 367 g/mol. The van der Waals surface area contributed by atoms with E-state index in [2.05, 4.69) is 16.1 Å². The highest BCUT2D eigenvalue weighted by Crippen LogP contribution is 2.38. The molecule has 0 aromatic heterocycles. The Morgan fingerprint density at radius 1 is 1.16 bits per heavy atom. The molecule has 0 heterocycles. The van der Waals surface area contributed by atoms with Gasteiger partial charge < -0.3 is 10.1 Å². The maximum absolute atomic E-state index is 12.3. The highest BCUT2D eigenvalue weighted by Gasteiger charge is 2.26. The third-order valence-corrected chi connectivity index (χ3v) is 6.40. The number of hydrogen-bond acceptors (Lipinski definition) is 4. The number of amides is 2. The molecule has 2 aliphatic rings. The number of anilines is 1. The Balaban J connectivity index is 1.76. The lowest BCUT2D eigenvalue weighted by Crippen LogP contribution is -2.44. The highest BCUT2D eigenvalue weighted by molar-refractivity contribution is 7.87. The SMILES string of the molecule is COCCN(C)S(=O)(=O)NC(=O)Nc1c2c(cc3c1CCC3)CCC2. The fraction of sp³-hybridized carbons (Fsp3) is 0.588. The van der Waals surface area contributed by atoms with Crippen molar-refractivity contribution in [3.8, 4) is 0 Å². The number of benzene rings is 1. The predicted molar refractivity (Wildman–Crippen MR) is 96.1 cm³/mol. The molecule has 2 aliphatic carbocycles. The van der Waals surface area contributed by atoms with E-state index in [1.165, 1.54) is 36.4 Å². The summed E-state index contributed by atoms with van der Waals surface area (Å²) in [4.78, 5) is 12.3. The molecule has 0 spiro atoms. The average Bonchev–Trinajstić information content (AvgIpc) is 3.20. The highest BCUT2D eigenvalue weighted by atomic mass is 32.2. The predicted octanol–water partition coefficient (Wildman–Crippen LogP) is 1.61. The van der Waals surface area contributed by atoms with Crippen LogP contribution in [0.2, 0.25) is 0 Å². The Kier molecular flexibility index (Phi) is 5.31. The normalized spacial score (nSPS) is 16.0. The molecule has 0 saturated carbocycles. The van der Waals surface area contributed by atoms with E-state index >= 15 is 0 Å². The Hall–Kier alpha value is -1.64.